The monoisotopic (exact) mass is 220 g/mol. The summed E-state index contributed by atoms with van der Waals surface area (Å²) in [4.78, 5) is 0. The first-order valence-electron chi connectivity index (χ1n) is 6.08. The summed E-state index contributed by atoms with van der Waals surface area (Å²) in [6.07, 6.45) is 0. The van der Waals surface area contributed by atoms with E-state index >= 15 is 0 Å². The van der Waals surface area contributed by atoms with E-state index in [1.54, 1.807) is 0 Å². The Labute approximate surface area is 99.5 Å². The maximum Gasteiger partial charge on any atom is 0.0340 e. The van der Waals surface area contributed by atoms with Gasteiger partial charge in [-0.15, -0.1) is 0 Å². The molecule has 0 saturated carbocycles. The third kappa shape index (κ3) is 4.23. The van der Waals surface area contributed by atoms with E-state index in [1.165, 1.54) is 11.3 Å². The van der Waals surface area contributed by atoms with Crippen LogP contribution in [0.4, 0.5) is 5.69 Å². The maximum atomic E-state index is 3.50. The predicted octanol–water partition coefficient (Wildman–Crippen LogP) is 2.90. The highest BCUT2D eigenvalue weighted by Gasteiger charge is 2.11. The molecule has 0 aliphatic heterocycles. The van der Waals surface area contributed by atoms with Crippen LogP contribution in [0.15, 0.2) is 24.3 Å². The number of hydrogen-bond donors (Lipinski definition) is 2. The van der Waals surface area contributed by atoms with E-state index in [0.29, 0.717) is 11.8 Å². The number of benzene rings is 1. The van der Waals surface area contributed by atoms with Crippen molar-refractivity contribution in [2.45, 2.75) is 20.8 Å². The lowest BCUT2D eigenvalue weighted by Crippen LogP contribution is -2.29. The highest BCUT2D eigenvalue weighted by atomic mass is 14.9. The lowest BCUT2D eigenvalue weighted by molar-refractivity contribution is 0.390. The van der Waals surface area contributed by atoms with E-state index < -0.39 is 0 Å². The maximum absolute atomic E-state index is 3.50. The SMILES string of the molecule is CNCC(CNc1ccc(C)cc1)C(C)C. The zero-order chi connectivity index (χ0) is 12.0. The summed E-state index contributed by atoms with van der Waals surface area (Å²) in [5.41, 5.74) is 2.52. The molecule has 0 spiro atoms. The summed E-state index contributed by atoms with van der Waals surface area (Å²) in [7, 11) is 2.02. The summed E-state index contributed by atoms with van der Waals surface area (Å²) in [6.45, 7) is 8.76. The first-order valence-corrected chi connectivity index (χ1v) is 6.08. The van der Waals surface area contributed by atoms with Crippen molar-refractivity contribution in [3.05, 3.63) is 29.8 Å². The van der Waals surface area contributed by atoms with Gasteiger partial charge >= 0.3 is 0 Å². The van der Waals surface area contributed by atoms with Crippen LogP contribution in [0, 0.1) is 18.8 Å². The van der Waals surface area contributed by atoms with E-state index in [4.69, 9.17) is 0 Å². The van der Waals surface area contributed by atoms with Crippen LogP contribution in [0.3, 0.4) is 0 Å². The van der Waals surface area contributed by atoms with Gasteiger partial charge in [-0.1, -0.05) is 31.5 Å². The molecule has 2 N–H and O–H groups in total. The molecule has 1 atom stereocenters. The van der Waals surface area contributed by atoms with Crippen molar-refractivity contribution in [1.29, 1.82) is 0 Å². The van der Waals surface area contributed by atoms with Crippen LogP contribution in [-0.2, 0) is 0 Å². The summed E-state index contributed by atoms with van der Waals surface area (Å²) >= 11 is 0. The van der Waals surface area contributed by atoms with Crippen molar-refractivity contribution in [1.82, 2.24) is 5.32 Å². The number of aryl methyl sites for hydroxylation is 1. The van der Waals surface area contributed by atoms with Crippen LogP contribution in [0.2, 0.25) is 0 Å². The third-order valence-corrected chi connectivity index (χ3v) is 3.03. The van der Waals surface area contributed by atoms with Gasteiger partial charge in [-0.25, -0.2) is 0 Å². The molecule has 2 heteroatoms. The van der Waals surface area contributed by atoms with Gasteiger partial charge in [-0.3, -0.25) is 0 Å². The average molecular weight is 220 g/mol. The second-order valence-electron chi connectivity index (χ2n) is 4.81. The molecule has 0 amide bonds. The summed E-state index contributed by atoms with van der Waals surface area (Å²) < 4.78 is 0. The van der Waals surface area contributed by atoms with E-state index in [2.05, 4.69) is 55.7 Å². The summed E-state index contributed by atoms with van der Waals surface area (Å²) in [5.74, 6) is 1.37. The fourth-order valence-corrected chi connectivity index (χ4v) is 1.73. The Kier molecular flexibility index (Phi) is 5.33. The number of anilines is 1. The van der Waals surface area contributed by atoms with Crippen molar-refractivity contribution < 1.29 is 0 Å². The van der Waals surface area contributed by atoms with Crippen LogP contribution in [-0.4, -0.2) is 20.1 Å². The molecule has 0 bridgehead atoms. The van der Waals surface area contributed by atoms with E-state index in [9.17, 15) is 0 Å². The van der Waals surface area contributed by atoms with Gasteiger partial charge in [0, 0.05) is 12.2 Å². The molecular formula is C14H24N2. The van der Waals surface area contributed by atoms with Gasteiger partial charge in [0.2, 0.25) is 0 Å². The van der Waals surface area contributed by atoms with E-state index in [0.717, 1.165) is 13.1 Å². The second kappa shape index (κ2) is 6.54. The van der Waals surface area contributed by atoms with E-state index in [1.807, 2.05) is 7.05 Å². The van der Waals surface area contributed by atoms with Crippen molar-refractivity contribution in [2.24, 2.45) is 11.8 Å². The Hall–Kier alpha value is -1.02. The Morgan fingerprint density at radius 1 is 1.06 bits per heavy atom. The zero-order valence-corrected chi connectivity index (χ0v) is 10.9. The Morgan fingerprint density at radius 2 is 1.69 bits per heavy atom. The van der Waals surface area contributed by atoms with Crippen LogP contribution in [0.1, 0.15) is 19.4 Å². The highest BCUT2D eigenvalue weighted by molar-refractivity contribution is 5.44. The number of rotatable bonds is 6. The highest BCUT2D eigenvalue weighted by Crippen LogP contribution is 2.13. The standard InChI is InChI=1S/C14H24N2/c1-11(2)13(9-15-4)10-16-14-7-5-12(3)6-8-14/h5-8,11,13,15-16H,9-10H2,1-4H3. The van der Waals surface area contributed by atoms with Crippen molar-refractivity contribution in [3.8, 4) is 0 Å². The first kappa shape index (κ1) is 13.0. The minimum atomic E-state index is 0.673. The van der Waals surface area contributed by atoms with Gasteiger partial charge in [0.15, 0.2) is 0 Å². The topological polar surface area (TPSA) is 24.1 Å². The summed E-state index contributed by atoms with van der Waals surface area (Å²) in [6, 6.07) is 8.58. The van der Waals surface area contributed by atoms with Gasteiger partial charge < -0.3 is 10.6 Å². The second-order valence-corrected chi connectivity index (χ2v) is 4.81. The lowest BCUT2D eigenvalue weighted by atomic mass is 9.95. The summed E-state index contributed by atoms with van der Waals surface area (Å²) in [5, 5.41) is 6.75. The molecule has 0 heterocycles. The molecule has 0 aliphatic carbocycles. The van der Waals surface area contributed by atoms with E-state index in [-0.39, 0.29) is 0 Å². The molecule has 2 nitrogen and oxygen atoms in total. The van der Waals surface area contributed by atoms with Crippen LogP contribution < -0.4 is 10.6 Å². The van der Waals surface area contributed by atoms with Crippen LogP contribution in [0.5, 0.6) is 0 Å². The average Bonchev–Trinajstić information content (AvgIpc) is 2.26. The van der Waals surface area contributed by atoms with Gasteiger partial charge in [0.1, 0.15) is 0 Å². The van der Waals surface area contributed by atoms with Crippen molar-refractivity contribution in [3.63, 3.8) is 0 Å². The lowest BCUT2D eigenvalue weighted by Gasteiger charge is -2.21. The molecule has 1 unspecified atom stereocenters. The molecule has 0 radical (unpaired) electrons. The Morgan fingerprint density at radius 3 is 2.19 bits per heavy atom. The smallest absolute Gasteiger partial charge is 0.0340 e. The van der Waals surface area contributed by atoms with Crippen molar-refractivity contribution >= 4 is 5.69 Å². The molecule has 1 aromatic carbocycles. The van der Waals surface area contributed by atoms with Gasteiger partial charge in [-0.05, 0) is 44.5 Å². The molecule has 0 saturated heterocycles. The number of nitrogens with one attached hydrogen (secondary N) is 2. The quantitative estimate of drug-likeness (QED) is 0.770. The number of hydrogen-bond acceptors (Lipinski definition) is 2. The predicted molar refractivity (Wildman–Crippen MR) is 71.9 cm³/mol. The fourth-order valence-electron chi connectivity index (χ4n) is 1.73. The molecule has 0 aromatic heterocycles. The molecule has 16 heavy (non-hydrogen) atoms. The largest absolute Gasteiger partial charge is 0.385 e. The normalized spacial score (nSPS) is 12.8. The van der Waals surface area contributed by atoms with Gasteiger partial charge in [-0.2, -0.15) is 0 Å². The first-order chi connectivity index (χ1) is 7.63. The van der Waals surface area contributed by atoms with Crippen molar-refractivity contribution in [2.75, 3.05) is 25.5 Å². The fraction of sp³-hybridized carbons (Fsp3) is 0.571. The minimum Gasteiger partial charge on any atom is -0.385 e. The molecule has 1 rings (SSSR count). The molecule has 90 valence electrons. The third-order valence-electron chi connectivity index (χ3n) is 3.03. The molecular weight excluding hydrogens is 196 g/mol. The van der Waals surface area contributed by atoms with Crippen LogP contribution in [0.25, 0.3) is 0 Å². The minimum absolute atomic E-state index is 0.673. The Bertz CT molecular complexity index is 290. The van der Waals surface area contributed by atoms with Gasteiger partial charge in [0.05, 0.1) is 0 Å². The molecule has 0 fully saturated rings. The Balaban J connectivity index is 2.45. The van der Waals surface area contributed by atoms with Crippen LogP contribution >= 0.6 is 0 Å². The zero-order valence-electron chi connectivity index (χ0n) is 10.9. The molecule has 1 aromatic rings. The van der Waals surface area contributed by atoms with Gasteiger partial charge in [0.25, 0.3) is 0 Å². The molecule has 0 aliphatic rings.